The first-order chi connectivity index (χ1) is 9.40. The van der Waals surface area contributed by atoms with Crippen molar-refractivity contribution in [2.24, 2.45) is 5.92 Å². The quantitative estimate of drug-likeness (QED) is 0.901. The normalized spacial score (nSPS) is 22.5. The van der Waals surface area contributed by atoms with Crippen molar-refractivity contribution in [2.75, 3.05) is 26.2 Å². The lowest BCUT2D eigenvalue weighted by Crippen LogP contribution is -2.48. The van der Waals surface area contributed by atoms with Gasteiger partial charge in [0.05, 0.1) is 11.6 Å². The molecule has 3 nitrogen and oxygen atoms in total. The minimum absolute atomic E-state index is 0.451. The molecule has 19 heavy (non-hydrogen) atoms. The Balaban J connectivity index is 1.91. The van der Waals surface area contributed by atoms with Crippen LogP contribution in [0.25, 0.3) is 0 Å². The highest BCUT2D eigenvalue weighted by Gasteiger charge is 2.34. The molecule has 1 aromatic rings. The number of benzene rings is 1. The van der Waals surface area contributed by atoms with Gasteiger partial charge in [0, 0.05) is 32.2 Å². The van der Waals surface area contributed by atoms with E-state index < -0.39 is 0 Å². The van der Waals surface area contributed by atoms with Gasteiger partial charge in [0.25, 0.3) is 0 Å². The van der Waals surface area contributed by atoms with E-state index in [1.165, 1.54) is 24.8 Å². The molecule has 1 atom stereocenters. The zero-order chi connectivity index (χ0) is 13.1. The van der Waals surface area contributed by atoms with Crippen LogP contribution in [0.5, 0.6) is 0 Å². The summed E-state index contributed by atoms with van der Waals surface area (Å²) in [5.74, 6) is 0.743. The SMILES string of the molecule is N#Cc1ccccc1[C@@H](C1CCC1)N1CCNCC1. The second kappa shape index (κ2) is 5.73. The molecule has 1 heterocycles. The Morgan fingerprint density at radius 1 is 1.21 bits per heavy atom. The van der Waals surface area contributed by atoms with E-state index >= 15 is 0 Å². The van der Waals surface area contributed by atoms with E-state index in [2.05, 4.69) is 28.4 Å². The van der Waals surface area contributed by atoms with Gasteiger partial charge in [0.1, 0.15) is 0 Å². The number of rotatable bonds is 3. The van der Waals surface area contributed by atoms with Crippen molar-refractivity contribution < 1.29 is 0 Å². The van der Waals surface area contributed by atoms with Gasteiger partial charge in [0.15, 0.2) is 0 Å². The van der Waals surface area contributed by atoms with Crippen LogP contribution in [0.15, 0.2) is 24.3 Å². The molecule has 3 heteroatoms. The number of hydrogen-bond acceptors (Lipinski definition) is 3. The van der Waals surface area contributed by atoms with E-state index in [0.717, 1.165) is 37.7 Å². The average molecular weight is 255 g/mol. The molecule has 1 saturated carbocycles. The summed E-state index contributed by atoms with van der Waals surface area (Å²) in [6, 6.07) is 11.0. The maximum atomic E-state index is 9.36. The van der Waals surface area contributed by atoms with E-state index in [-0.39, 0.29) is 0 Å². The zero-order valence-corrected chi connectivity index (χ0v) is 11.3. The van der Waals surface area contributed by atoms with Gasteiger partial charge in [-0.15, -0.1) is 0 Å². The van der Waals surface area contributed by atoms with Crippen molar-refractivity contribution in [1.29, 1.82) is 5.26 Å². The van der Waals surface area contributed by atoms with Gasteiger partial charge in [-0.05, 0) is 30.4 Å². The number of nitrogens with one attached hydrogen (secondary N) is 1. The van der Waals surface area contributed by atoms with Gasteiger partial charge >= 0.3 is 0 Å². The zero-order valence-electron chi connectivity index (χ0n) is 11.3. The van der Waals surface area contributed by atoms with Gasteiger partial charge in [-0.1, -0.05) is 24.6 Å². The van der Waals surface area contributed by atoms with Crippen molar-refractivity contribution in [2.45, 2.75) is 25.3 Å². The predicted octanol–water partition coefficient (Wildman–Crippen LogP) is 2.30. The Morgan fingerprint density at radius 3 is 2.58 bits per heavy atom. The summed E-state index contributed by atoms with van der Waals surface area (Å²) in [5.41, 5.74) is 2.11. The van der Waals surface area contributed by atoms with Crippen LogP contribution in [0, 0.1) is 17.2 Å². The van der Waals surface area contributed by atoms with Gasteiger partial charge in [-0.25, -0.2) is 0 Å². The molecule has 0 bridgehead atoms. The van der Waals surface area contributed by atoms with E-state index in [0.29, 0.717) is 6.04 Å². The fourth-order valence-electron chi connectivity index (χ4n) is 3.32. The number of nitriles is 1. The summed E-state index contributed by atoms with van der Waals surface area (Å²) in [5, 5.41) is 12.8. The first-order valence-electron chi connectivity index (χ1n) is 7.34. The van der Waals surface area contributed by atoms with Crippen LogP contribution in [-0.4, -0.2) is 31.1 Å². The summed E-state index contributed by atoms with van der Waals surface area (Å²) in [7, 11) is 0. The highest BCUT2D eigenvalue weighted by molar-refractivity contribution is 5.40. The predicted molar refractivity (Wildman–Crippen MR) is 75.7 cm³/mol. The molecule has 0 unspecified atom stereocenters. The molecule has 3 rings (SSSR count). The number of piperazine rings is 1. The maximum absolute atomic E-state index is 9.36. The molecule has 2 fully saturated rings. The Hall–Kier alpha value is -1.37. The summed E-state index contributed by atoms with van der Waals surface area (Å²) < 4.78 is 0. The van der Waals surface area contributed by atoms with Crippen molar-refractivity contribution in [3.8, 4) is 6.07 Å². The molecule has 0 aromatic heterocycles. The molecule has 2 aliphatic rings. The van der Waals surface area contributed by atoms with Crippen LogP contribution in [0.4, 0.5) is 0 Å². The van der Waals surface area contributed by atoms with Crippen LogP contribution < -0.4 is 5.32 Å². The smallest absolute Gasteiger partial charge is 0.0995 e. The minimum Gasteiger partial charge on any atom is -0.314 e. The summed E-state index contributed by atoms with van der Waals surface area (Å²) in [6.45, 7) is 4.33. The lowest BCUT2D eigenvalue weighted by molar-refractivity contribution is 0.0835. The molecule has 1 aliphatic carbocycles. The fraction of sp³-hybridized carbons (Fsp3) is 0.562. The van der Waals surface area contributed by atoms with Crippen molar-refractivity contribution >= 4 is 0 Å². The highest BCUT2D eigenvalue weighted by Crippen LogP contribution is 2.42. The van der Waals surface area contributed by atoms with Crippen molar-refractivity contribution in [3.63, 3.8) is 0 Å². The summed E-state index contributed by atoms with van der Waals surface area (Å²) >= 11 is 0. The first-order valence-corrected chi connectivity index (χ1v) is 7.34. The largest absolute Gasteiger partial charge is 0.314 e. The third-order valence-corrected chi connectivity index (χ3v) is 4.54. The van der Waals surface area contributed by atoms with Gasteiger partial charge in [0.2, 0.25) is 0 Å². The first kappa shape index (κ1) is 12.7. The standard InChI is InChI=1S/C16H21N3/c17-12-14-4-1-2-7-15(14)16(13-5-3-6-13)19-10-8-18-9-11-19/h1-2,4,7,13,16,18H,3,5-6,8-11H2/t16-/m1/s1. The van der Waals surface area contributed by atoms with Gasteiger partial charge in [-0.2, -0.15) is 5.26 Å². The molecule has 1 saturated heterocycles. The molecule has 0 radical (unpaired) electrons. The Kier molecular flexibility index (Phi) is 3.82. The monoisotopic (exact) mass is 255 g/mol. The molecule has 1 aromatic carbocycles. The number of hydrogen-bond donors (Lipinski definition) is 1. The fourth-order valence-corrected chi connectivity index (χ4v) is 3.32. The van der Waals surface area contributed by atoms with E-state index in [1.807, 2.05) is 12.1 Å². The van der Waals surface area contributed by atoms with Crippen LogP contribution in [0.2, 0.25) is 0 Å². The van der Waals surface area contributed by atoms with Crippen LogP contribution in [-0.2, 0) is 0 Å². The molecule has 100 valence electrons. The van der Waals surface area contributed by atoms with E-state index in [9.17, 15) is 5.26 Å². The maximum Gasteiger partial charge on any atom is 0.0995 e. The Bertz CT molecular complexity index is 467. The van der Waals surface area contributed by atoms with Crippen LogP contribution >= 0.6 is 0 Å². The Labute approximate surface area is 115 Å². The lowest BCUT2D eigenvalue weighted by Gasteiger charge is -2.43. The third-order valence-electron chi connectivity index (χ3n) is 4.54. The molecule has 1 N–H and O–H groups in total. The van der Waals surface area contributed by atoms with Gasteiger partial charge < -0.3 is 5.32 Å². The topological polar surface area (TPSA) is 39.1 Å². The van der Waals surface area contributed by atoms with Crippen LogP contribution in [0.1, 0.15) is 36.4 Å². The third kappa shape index (κ3) is 2.51. The molecule has 0 spiro atoms. The van der Waals surface area contributed by atoms with E-state index in [4.69, 9.17) is 0 Å². The molecule has 1 aliphatic heterocycles. The highest BCUT2D eigenvalue weighted by atomic mass is 15.2. The average Bonchev–Trinajstić information content (AvgIpc) is 2.43. The molecular weight excluding hydrogens is 234 g/mol. The lowest BCUT2D eigenvalue weighted by atomic mass is 9.75. The molecule has 0 amide bonds. The second-order valence-corrected chi connectivity index (χ2v) is 5.62. The van der Waals surface area contributed by atoms with Gasteiger partial charge in [-0.3, -0.25) is 4.90 Å². The van der Waals surface area contributed by atoms with E-state index in [1.54, 1.807) is 0 Å². The summed E-state index contributed by atoms with van der Waals surface area (Å²) in [6.07, 6.45) is 3.98. The molecular formula is C16H21N3. The van der Waals surface area contributed by atoms with Crippen LogP contribution in [0.3, 0.4) is 0 Å². The van der Waals surface area contributed by atoms with Crippen molar-refractivity contribution in [1.82, 2.24) is 10.2 Å². The minimum atomic E-state index is 0.451. The summed E-state index contributed by atoms with van der Waals surface area (Å²) in [4.78, 5) is 2.58. The second-order valence-electron chi connectivity index (χ2n) is 5.62. The Morgan fingerprint density at radius 2 is 1.95 bits per heavy atom. The van der Waals surface area contributed by atoms with Crippen molar-refractivity contribution in [3.05, 3.63) is 35.4 Å². The number of nitrogens with zero attached hydrogens (tertiary/aromatic N) is 2.